The molecule has 1 fully saturated rings. The topological polar surface area (TPSA) is 86.8 Å². The molecule has 1 heterocycles. The highest BCUT2D eigenvalue weighted by Crippen LogP contribution is 2.28. The van der Waals surface area contributed by atoms with Crippen LogP contribution in [0.3, 0.4) is 0 Å². The largest absolute Gasteiger partial charge is 0.325 e. The second-order valence-corrected chi connectivity index (χ2v) is 10.3. The van der Waals surface area contributed by atoms with Crippen LogP contribution in [-0.2, 0) is 19.6 Å². The zero-order valence-electron chi connectivity index (χ0n) is 18.6. The summed E-state index contributed by atoms with van der Waals surface area (Å²) in [5.74, 6) is -0.434. The van der Waals surface area contributed by atoms with Crippen molar-refractivity contribution in [1.29, 1.82) is 0 Å². The summed E-state index contributed by atoms with van der Waals surface area (Å²) in [5.41, 5.74) is 2.35. The molecule has 0 spiro atoms. The van der Waals surface area contributed by atoms with Crippen molar-refractivity contribution in [2.75, 3.05) is 27.6 Å². The van der Waals surface area contributed by atoms with E-state index in [0.717, 1.165) is 22.0 Å². The Morgan fingerprint density at radius 3 is 2.38 bits per heavy atom. The number of hydrogen-bond acceptors (Lipinski definition) is 4. The Hall–Kier alpha value is -3.36. The van der Waals surface area contributed by atoms with E-state index in [0.29, 0.717) is 23.7 Å². The predicted molar refractivity (Wildman–Crippen MR) is 134 cm³/mol. The van der Waals surface area contributed by atoms with Gasteiger partial charge in [0.2, 0.25) is 11.8 Å². The number of benzene rings is 3. The molecule has 3 aromatic rings. The van der Waals surface area contributed by atoms with Crippen LogP contribution in [0.25, 0.3) is 0 Å². The van der Waals surface area contributed by atoms with Gasteiger partial charge >= 0.3 is 0 Å². The summed E-state index contributed by atoms with van der Waals surface area (Å²) >= 11 is 6.25. The van der Waals surface area contributed by atoms with Gasteiger partial charge < -0.3 is 10.2 Å². The summed E-state index contributed by atoms with van der Waals surface area (Å²) in [6, 6.07) is 19.7. The highest BCUT2D eigenvalue weighted by molar-refractivity contribution is 7.92. The number of hydrogen-bond donors (Lipinski definition) is 1. The van der Waals surface area contributed by atoms with Gasteiger partial charge in [0.05, 0.1) is 10.6 Å². The number of amides is 2. The minimum Gasteiger partial charge on any atom is -0.325 e. The maximum Gasteiger partial charge on any atom is 0.264 e. The number of aryl methyl sites for hydroxylation is 1. The Morgan fingerprint density at radius 1 is 1.06 bits per heavy atom. The van der Waals surface area contributed by atoms with Crippen molar-refractivity contribution in [3.05, 3.63) is 83.4 Å². The van der Waals surface area contributed by atoms with Crippen LogP contribution in [0.15, 0.2) is 77.7 Å². The van der Waals surface area contributed by atoms with E-state index in [2.05, 4.69) is 5.32 Å². The Balaban J connectivity index is 1.57. The fourth-order valence-corrected chi connectivity index (χ4v) is 5.36. The second-order valence-electron chi connectivity index (χ2n) is 8.00. The van der Waals surface area contributed by atoms with Gasteiger partial charge in [0.25, 0.3) is 10.0 Å². The molecule has 0 saturated carbocycles. The van der Waals surface area contributed by atoms with Crippen molar-refractivity contribution < 1.29 is 18.0 Å². The Kier molecular flexibility index (Phi) is 6.90. The molecule has 0 atom stereocenters. The minimum atomic E-state index is -4.03. The lowest BCUT2D eigenvalue weighted by Crippen LogP contribution is -2.38. The fourth-order valence-electron chi connectivity index (χ4n) is 3.75. The SMILES string of the molecule is Cc1ccc(N(CC(=O)Nc2ccc(N3CCCC3=O)cc2)S(=O)(=O)c2ccccc2)cc1Cl. The molecular formula is C25H24ClN3O4S. The molecule has 0 unspecified atom stereocenters. The summed E-state index contributed by atoms with van der Waals surface area (Å²) in [6.45, 7) is 2.05. The molecule has 1 aliphatic rings. The van der Waals surface area contributed by atoms with Gasteiger partial charge in [-0.05, 0) is 67.4 Å². The molecular weight excluding hydrogens is 474 g/mol. The van der Waals surface area contributed by atoms with Gasteiger partial charge in [0, 0.05) is 29.4 Å². The first kappa shape index (κ1) is 23.8. The van der Waals surface area contributed by atoms with E-state index >= 15 is 0 Å². The van der Waals surface area contributed by atoms with Crippen LogP contribution in [-0.4, -0.2) is 33.3 Å². The first-order valence-corrected chi connectivity index (χ1v) is 12.6. The van der Waals surface area contributed by atoms with E-state index in [1.165, 1.54) is 18.2 Å². The summed E-state index contributed by atoms with van der Waals surface area (Å²) in [7, 11) is -4.03. The van der Waals surface area contributed by atoms with Crippen LogP contribution < -0.4 is 14.5 Å². The Morgan fingerprint density at radius 2 is 1.76 bits per heavy atom. The highest BCUT2D eigenvalue weighted by Gasteiger charge is 2.28. The van der Waals surface area contributed by atoms with Crippen LogP contribution in [0.1, 0.15) is 18.4 Å². The molecule has 1 aliphatic heterocycles. The molecule has 34 heavy (non-hydrogen) atoms. The van der Waals surface area contributed by atoms with E-state index < -0.39 is 22.5 Å². The molecule has 1 N–H and O–H groups in total. The van der Waals surface area contributed by atoms with Crippen LogP contribution in [0.4, 0.5) is 17.1 Å². The van der Waals surface area contributed by atoms with E-state index in [1.54, 1.807) is 59.5 Å². The van der Waals surface area contributed by atoms with Gasteiger partial charge in [0.1, 0.15) is 6.54 Å². The number of anilines is 3. The third kappa shape index (κ3) is 5.08. The zero-order chi connectivity index (χ0) is 24.3. The summed E-state index contributed by atoms with van der Waals surface area (Å²) in [5, 5.41) is 3.14. The van der Waals surface area contributed by atoms with E-state index in [9.17, 15) is 18.0 Å². The molecule has 0 aromatic heterocycles. The van der Waals surface area contributed by atoms with Crippen molar-refractivity contribution in [3.8, 4) is 0 Å². The fraction of sp³-hybridized carbons (Fsp3) is 0.200. The quantitative estimate of drug-likeness (QED) is 0.516. The number of nitrogens with one attached hydrogen (secondary N) is 1. The predicted octanol–water partition coefficient (Wildman–Crippen LogP) is 4.61. The van der Waals surface area contributed by atoms with E-state index in [1.807, 2.05) is 6.92 Å². The Bertz CT molecular complexity index is 1310. The van der Waals surface area contributed by atoms with Gasteiger partial charge in [-0.25, -0.2) is 8.42 Å². The lowest BCUT2D eigenvalue weighted by molar-refractivity contribution is -0.117. The van der Waals surface area contributed by atoms with Crippen LogP contribution in [0.2, 0.25) is 5.02 Å². The average Bonchev–Trinajstić information content (AvgIpc) is 3.26. The van der Waals surface area contributed by atoms with Gasteiger partial charge in [-0.15, -0.1) is 0 Å². The first-order chi connectivity index (χ1) is 16.3. The van der Waals surface area contributed by atoms with Crippen LogP contribution in [0.5, 0.6) is 0 Å². The first-order valence-electron chi connectivity index (χ1n) is 10.8. The molecule has 0 radical (unpaired) electrons. The summed E-state index contributed by atoms with van der Waals surface area (Å²) in [4.78, 5) is 26.6. The molecule has 7 nitrogen and oxygen atoms in total. The number of sulfonamides is 1. The third-order valence-electron chi connectivity index (χ3n) is 5.60. The van der Waals surface area contributed by atoms with Gasteiger partial charge in [-0.1, -0.05) is 35.9 Å². The van der Waals surface area contributed by atoms with Crippen LogP contribution >= 0.6 is 11.6 Å². The maximum absolute atomic E-state index is 13.4. The van der Waals surface area contributed by atoms with Crippen molar-refractivity contribution in [2.24, 2.45) is 0 Å². The number of nitrogens with zero attached hydrogens (tertiary/aromatic N) is 2. The van der Waals surface area contributed by atoms with Crippen molar-refractivity contribution in [3.63, 3.8) is 0 Å². The molecule has 176 valence electrons. The van der Waals surface area contributed by atoms with Gasteiger partial charge in [0.15, 0.2) is 0 Å². The summed E-state index contributed by atoms with van der Waals surface area (Å²) < 4.78 is 27.9. The second kappa shape index (κ2) is 9.87. The smallest absolute Gasteiger partial charge is 0.264 e. The van der Waals surface area contributed by atoms with Gasteiger partial charge in [-0.3, -0.25) is 13.9 Å². The minimum absolute atomic E-state index is 0.0686. The molecule has 2 amide bonds. The molecule has 0 bridgehead atoms. The number of rotatable bonds is 7. The normalized spacial score (nSPS) is 13.7. The van der Waals surface area contributed by atoms with E-state index in [4.69, 9.17) is 11.6 Å². The van der Waals surface area contributed by atoms with Gasteiger partial charge in [-0.2, -0.15) is 0 Å². The molecule has 9 heteroatoms. The molecule has 0 aliphatic carbocycles. The van der Waals surface area contributed by atoms with Crippen molar-refractivity contribution in [1.82, 2.24) is 0 Å². The van der Waals surface area contributed by atoms with Crippen molar-refractivity contribution >= 4 is 50.5 Å². The lowest BCUT2D eigenvalue weighted by atomic mass is 10.2. The lowest BCUT2D eigenvalue weighted by Gasteiger charge is -2.24. The monoisotopic (exact) mass is 497 g/mol. The number of halogens is 1. The average molecular weight is 498 g/mol. The molecule has 4 rings (SSSR count). The Labute approximate surface area is 204 Å². The van der Waals surface area contributed by atoms with E-state index in [-0.39, 0.29) is 16.5 Å². The number of carbonyl (C=O) groups is 2. The standard InChI is InChI=1S/C25H24ClN3O4S/c1-18-9-12-21(16-23(18)26)29(34(32,33)22-6-3-2-4-7-22)17-24(30)27-19-10-13-20(14-11-19)28-15-5-8-25(28)31/h2-4,6-7,9-14,16H,5,8,15,17H2,1H3,(H,27,30). The highest BCUT2D eigenvalue weighted by atomic mass is 35.5. The number of carbonyl (C=O) groups excluding carboxylic acids is 2. The van der Waals surface area contributed by atoms with Crippen LogP contribution in [0, 0.1) is 6.92 Å². The molecule has 1 saturated heterocycles. The third-order valence-corrected chi connectivity index (χ3v) is 7.79. The van der Waals surface area contributed by atoms with Crippen molar-refractivity contribution in [2.45, 2.75) is 24.7 Å². The summed E-state index contributed by atoms with van der Waals surface area (Å²) in [6.07, 6.45) is 1.36. The zero-order valence-corrected chi connectivity index (χ0v) is 20.1. The molecule has 3 aromatic carbocycles. The maximum atomic E-state index is 13.4.